The van der Waals surface area contributed by atoms with Gasteiger partial charge < -0.3 is 68.8 Å². The first-order valence-electron chi connectivity index (χ1n) is 32.8. The number of nitrogens with one attached hydrogen (secondary N) is 4. The van der Waals surface area contributed by atoms with E-state index in [0.717, 1.165) is 119 Å². The van der Waals surface area contributed by atoms with Crippen LogP contribution in [0.5, 0.6) is 28.7 Å². The Hall–Kier alpha value is 1.08. The quantitative estimate of drug-likeness (QED) is 0.0310. The molecule has 2 atom stereocenters. The van der Waals surface area contributed by atoms with Gasteiger partial charge in [0.1, 0.15) is 58.6 Å². The van der Waals surface area contributed by atoms with Gasteiger partial charge in [0.15, 0.2) is 6.10 Å². The van der Waals surface area contributed by atoms with Gasteiger partial charge in [0, 0.05) is 82.0 Å². The molecule has 2 unspecified atom stereocenters. The minimum absolute atomic E-state index is 0.0378. The fraction of sp³-hybridized carbons (Fsp3) is 0.432. The minimum atomic E-state index is -0.294. The van der Waals surface area contributed by atoms with E-state index < -0.39 is 0 Å². The molecule has 0 amide bonds. The highest BCUT2D eigenvalue weighted by molar-refractivity contribution is 14.1. The van der Waals surface area contributed by atoms with Crippen LogP contribution in [0.3, 0.4) is 0 Å². The summed E-state index contributed by atoms with van der Waals surface area (Å²) in [7, 11) is 8.19. The molecule has 1 saturated carbocycles. The molecule has 106 heavy (non-hydrogen) atoms. The Morgan fingerprint density at radius 2 is 0.811 bits per heavy atom. The Labute approximate surface area is 799 Å². The second-order valence-electron chi connectivity index (χ2n) is 25.0. The van der Waals surface area contributed by atoms with Gasteiger partial charge in [-0.05, 0) is 367 Å². The lowest BCUT2D eigenvalue weighted by Gasteiger charge is -2.36. The molecule has 0 bridgehead atoms. The predicted molar refractivity (Wildman–Crippen MR) is 517 cm³/mol. The van der Waals surface area contributed by atoms with Crippen LogP contribution in [0.4, 0.5) is 0 Å². The molecule has 2 saturated heterocycles. The van der Waals surface area contributed by atoms with Gasteiger partial charge in [-0.2, -0.15) is 11.8 Å². The monoisotopic (exact) mass is 2850 g/mol. The minimum Gasteiger partial charge on any atom is -0.872 e. The number of rotatable bonds is 16. The van der Waals surface area contributed by atoms with Crippen LogP contribution in [-0.4, -0.2) is 155 Å². The highest BCUT2D eigenvalue weighted by atomic mass is 127. The van der Waals surface area contributed by atoms with E-state index in [1.54, 1.807) is 69.0 Å². The molecular formula is C74H94Br2I11N4O14S-. The summed E-state index contributed by atoms with van der Waals surface area (Å²) in [4.78, 5) is 50.4. The molecule has 0 spiro atoms. The number of thioether (sulfide) groups is 1. The molecule has 0 radical (unpaired) electrons. The number of quaternary nitrogens is 4. The molecule has 18 nitrogen and oxygen atoms in total. The molecule has 32 heteroatoms. The van der Waals surface area contributed by atoms with Crippen LogP contribution in [0.2, 0.25) is 0 Å². The standard InChI is InChI=1S/C13H22O2.C11H22N2O2.C10H17NO3.C10H17NO2S.2C6H4BrIO.3C6H3I3O/c1-8(2)13(14)15-12-6-9(3)11(5)10(4)7-12;1-9(2)11(14)15-10(7-12(3)4)8-13(5)6;1-9(2)10(12)14-8-5-11-3-6-13-7-4-11;1-9(2)10(12)13-6-3-11-4-7-14-8-5-11;2*7-4-1-2-6(9)5(8)3-4;3*7-3-1-4(8)6(10)5(9)2-3/h9-12H,1,6-7H2,2-5H3;10H,1,7-8H2,2-6H3;2*1,3-8H2,2H3;2*1-3,9H;3*1-2,10H/p-1. The molecule has 592 valence electrons. The number of halogens is 13. The number of carbonyl (C=O) groups is 4. The van der Waals surface area contributed by atoms with Crippen molar-refractivity contribution in [3.05, 3.63) is 170 Å². The summed E-state index contributed by atoms with van der Waals surface area (Å²) in [6.45, 7) is 38.1. The van der Waals surface area contributed by atoms with Crippen LogP contribution in [0.25, 0.3) is 0 Å². The average molecular weight is 2850 g/mol. The lowest BCUT2D eigenvalue weighted by Crippen LogP contribution is -3.14. The SMILES string of the molecule is C=C(C)C(=O)OC(C[NH+](C)C)C[NH+](C)C.C=C(C)C(=O)OC1CC(C)C(C)C(C)C1.C=C(C)C(=O)OCC[NH+]1CCOCC1.C=C(C)C(=O)OCC[NH+]1CCSCC1.[O-]c1c(I)cc(I)cc1I.[O-]c1c(I)cc(I)cc1I.[O-]c1c(I)cc(I)cc1I.[O-]c1ccc(Br)cc1I.[O-]c1ccc(Br)cc1I. The summed E-state index contributed by atoms with van der Waals surface area (Å²) in [6.07, 6.45) is 2.04. The summed E-state index contributed by atoms with van der Waals surface area (Å²) in [5.41, 5.74) is 1.90. The van der Waals surface area contributed by atoms with Crippen LogP contribution in [-0.2, 0) is 42.9 Å². The second kappa shape index (κ2) is 59.7. The number of esters is 4. The normalized spacial score (nSPS) is 15.8. The van der Waals surface area contributed by atoms with Crippen molar-refractivity contribution in [2.75, 3.05) is 118 Å². The Kier molecular flexibility index (Phi) is 60.3. The van der Waals surface area contributed by atoms with Gasteiger partial charge in [-0.1, -0.05) is 120 Å². The number of likely N-dealkylation sites (N-methyl/N-ethyl adjacent to an activating group) is 2. The summed E-state index contributed by atoms with van der Waals surface area (Å²) in [5.74, 6) is 3.94. The first-order chi connectivity index (χ1) is 49.4. The van der Waals surface area contributed by atoms with E-state index in [9.17, 15) is 44.7 Å². The van der Waals surface area contributed by atoms with E-state index in [0.29, 0.717) is 47.3 Å². The maximum absolute atomic E-state index is 11.4. The first-order valence-corrected chi connectivity index (χ1v) is 47.5. The third kappa shape index (κ3) is 49.9. The zero-order valence-corrected chi connectivity index (χ0v) is 88.7. The molecule has 3 aliphatic rings. The summed E-state index contributed by atoms with van der Waals surface area (Å²) in [5, 5.41) is 54.8. The van der Waals surface area contributed by atoms with Crippen molar-refractivity contribution in [1.82, 2.24) is 0 Å². The molecule has 2 heterocycles. The summed E-state index contributed by atoms with van der Waals surface area (Å²) >= 11 is 31.4. The van der Waals surface area contributed by atoms with Crippen molar-refractivity contribution in [1.29, 1.82) is 0 Å². The molecular weight excluding hydrogens is 2760 g/mol. The van der Waals surface area contributed by atoms with Gasteiger partial charge in [0.2, 0.25) is 0 Å². The fourth-order valence-corrected chi connectivity index (χ4v) is 23.2. The van der Waals surface area contributed by atoms with Crippen LogP contribution in [0.1, 0.15) is 61.3 Å². The maximum atomic E-state index is 11.4. The Morgan fingerprint density at radius 1 is 0.500 bits per heavy atom. The van der Waals surface area contributed by atoms with Gasteiger partial charge in [0.05, 0.1) is 54.5 Å². The van der Waals surface area contributed by atoms with Crippen LogP contribution in [0.15, 0.2) is 130 Å². The van der Waals surface area contributed by atoms with Crippen molar-refractivity contribution in [3.63, 3.8) is 0 Å². The summed E-state index contributed by atoms with van der Waals surface area (Å²) in [6, 6.07) is 21.4. The zero-order valence-electron chi connectivity index (χ0n) is 61.0. The molecule has 1 aliphatic carbocycles. The third-order valence-electron chi connectivity index (χ3n) is 14.7. The lowest BCUT2D eigenvalue weighted by atomic mass is 9.73. The number of benzene rings is 5. The van der Waals surface area contributed by atoms with Crippen LogP contribution >= 0.6 is 292 Å². The van der Waals surface area contributed by atoms with Crippen molar-refractivity contribution < 1.29 is 88.0 Å². The maximum Gasteiger partial charge on any atom is 0.333 e. The van der Waals surface area contributed by atoms with Gasteiger partial charge >= 0.3 is 23.9 Å². The van der Waals surface area contributed by atoms with E-state index >= 15 is 0 Å². The van der Waals surface area contributed by atoms with E-state index in [2.05, 4.69) is 282 Å². The van der Waals surface area contributed by atoms with E-state index in [4.69, 9.17) is 23.7 Å². The van der Waals surface area contributed by atoms with Crippen LogP contribution in [0, 0.1) is 57.0 Å². The van der Waals surface area contributed by atoms with Crippen molar-refractivity contribution in [2.24, 2.45) is 17.8 Å². The average Bonchev–Trinajstić information content (AvgIpc) is 0.862. The van der Waals surface area contributed by atoms with Gasteiger partial charge in [0.25, 0.3) is 0 Å². The zero-order chi connectivity index (χ0) is 81.2. The third-order valence-corrected chi connectivity index (χ3v) is 25.1. The van der Waals surface area contributed by atoms with Gasteiger partial charge in [-0.25, -0.2) is 19.2 Å². The van der Waals surface area contributed by atoms with Gasteiger partial charge in [-0.15, -0.1) is 0 Å². The second-order valence-corrected chi connectivity index (χ2v) is 41.1. The van der Waals surface area contributed by atoms with E-state index in [1.165, 1.54) is 39.3 Å². The first kappa shape index (κ1) is 107. The van der Waals surface area contributed by atoms with Crippen LogP contribution < -0.4 is 45.1 Å². The predicted octanol–water partition coefficient (Wildman–Crippen LogP) is 11.7. The molecule has 8 rings (SSSR count). The van der Waals surface area contributed by atoms with E-state index in [1.807, 2.05) is 122 Å². The topological polar surface area (TPSA) is 247 Å². The summed E-state index contributed by atoms with van der Waals surface area (Å²) < 4.78 is 37.6. The molecule has 5 aromatic rings. The molecule has 5 aromatic carbocycles. The molecule has 4 N–H and O–H groups in total. The molecule has 3 fully saturated rings. The van der Waals surface area contributed by atoms with Crippen molar-refractivity contribution >= 4 is 316 Å². The number of ether oxygens (including phenoxy) is 5. The smallest absolute Gasteiger partial charge is 0.333 e. The molecule has 0 aromatic heterocycles. The Bertz CT molecular complexity index is 3290. The Balaban J connectivity index is 0.00000118. The molecule has 2 aliphatic heterocycles. The highest BCUT2D eigenvalue weighted by Gasteiger charge is 2.32. The van der Waals surface area contributed by atoms with Crippen molar-refractivity contribution in [2.45, 2.75) is 73.5 Å². The van der Waals surface area contributed by atoms with E-state index in [-0.39, 0.29) is 64.8 Å². The largest absolute Gasteiger partial charge is 0.872 e. The highest BCUT2D eigenvalue weighted by Crippen LogP contribution is 2.36. The number of morpholine rings is 1. The number of carbonyl (C=O) groups excluding carboxylic acids is 4. The lowest BCUT2D eigenvalue weighted by molar-refractivity contribution is -0.908. The van der Waals surface area contributed by atoms with Gasteiger partial charge in [-0.3, -0.25) is 0 Å². The van der Waals surface area contributed by atoms with Crippen molar-refractivity contribution in [3.8, 4) is 28.7 Å². The number of hydrogen-bond donors (Lipinski definition) is 4. The fourth-order valence-electron chi connectivity index (χ4n) is 8.76. The Morgan fingerprint density at radius 3 is 1.09 bits per heavy atom. The number of hydrogen-bond acceptors (Lipinski definition) is 15.